The molecule has 5 heteroatoms. The highest BCUT2D eigenvalue weighted by Crippen LogP contribution is 2.64. The molecule has 24 heavy (non-hydrogen) atoms. The molecule has 2 bridgehead atoms. The normalized spacial score (nSPS) is 48.7. The van der Waals surface area contributed by atoms with Gasteiger partial charge >= 0.3 is 0 Å². The van der Waals surface area contributed by atoms with Crippen molar-refractivity contribution in [3.05, 3.63) is 48.1 Å². The molecular formula is C19H21NO4. The number of ketones is 1. The van der Waals surface area contributed by atoms with Crippen LogP contribution in [-0.2, 0) is 9.53 Å². The lowest BCUT2D eigenvalue weighted by Crippen LogP contribution is -2.72. The number of likely N-dealkylation sites (tertiary alicyclic amines) is 1. The molecule has 0 amide bonds. The molecular weight excluding hydrogens is 306 g/mol. The molecule has 0 aromatic carbocycles. The standard InChI is InChI=1S/C19H21NO4/c1-2-8-20-9-7-18-15-11-3-4-12(21)16(15)24-17(18)13(22)5-6-19(18,23)14(20)10-11/h2-6,12,14,16-17,21,23H,1,7-10H2/t12?,14-,16?,17+,18+,19-/m1/s1. The molecule has 5 aliphatic rings. The third kappa shape index (κ3) is 1.44. The number of nitrogens with zero attached hydrogens (tertiary/aromatic N) is 1. The van der Waals surface area contributed by atoms with Gasteiger partial charge in [-0.2, -0.15) is 0 Å². The molecule has 2 aliphatic heterocycles. The molecule has 2 heterocycles. The van der Waals surface area contributed by atoms with Crippen LogP contribution < -0.4 is 0 Å². The topological polar surface area (TPSA) is 70.0 Å². The molecule has 126 valence electrons. The number of hydrogen-bond acceptors (Lipinski definition) is 5. The van der Waals surface area contributed by atoms with Crippen LogP contribution in [-0.4, -0.2) is 63.9 Å². The first-order valence-electron chi connectivity index (χ1n) is 8.58. The third-order valence-electron chi connectivity index (χ3n) is 6.64. The zero-order valence-corrected chi connectivity index (χ0v) is 13.4. The van der Waals surface area contributed by atoms with Gasteiger partial charge in [0.05, 0.1) is 5.41 Å². The maximum absolute atomic E-state index is 12.6. The maximum atomic E-state index is 12.6. The summed E-state index contributed by atoms with van der Waals surface area (Å²) < 4.78 is 6.05. The van der Waals surface area contributed by atoms with Crippen molar-refractivity contribution in [3.63, 3.8) is 0 Å². The van der Waals surface area contributed by atoms with E-state index in [1.54, 1.807) is 12.2 Å². The van der Waals surface area contributed by atoms with Gasteiger partial charge in [-0.15, -0.1) is 6.58 Å². The Morgan fingerprint density at radius 2 is 2.29 bits per heavy atom. The second kappa shape index (κ2) is 4.55. The van der Waals surface area contributed by atoms with Crippen LogP contribution in [0.1, 0.15) is 12.8 Å². The van der Waals surface area contributed by atoms with Crippen molar-refractivity contribution in [2.45, 2.75) is 42.8 Å². The molecule has 3 aliphatic carbocycles. The van der Waals surface area contributed by atoms with Crippen LogP contribution in [0.3, 0.4) is 0 Å². The summed E-state index contributed by atoms with van der Waals surface area (Å²) in [5, 5.41) is 22.1. The Morgan fingerprint density at radius 3 is 3.08 bits per heavy atom. The van der Waals surface area contributed by atoms with Crippen molar-refractivity contribution >= 4 is 5.78 Å². The van der Waals surface area contributed by atoms with Crippen molar-refractivity contribution in [2.24, 2.45) is 5.41 Å². The lowest BCUT2D eigenvalue weighted by molar-refractivity contribution is -0.172. The number of allylic oxidation sites excluding steroid dienone is 1. The molecule has 0 radical (unpaired) electrons. The Hall–Kier alpha value is -1.53. The van der Waals surface area contributed by atoms with Crippen molar-refractivity contribution in [1.29, 1.82) is 0 Å². The van der Waals surface area contributed by atoms with E-state index < -0.39 is 29.3 Å². The van der Waals surface area contributed by atoms with Gasteiger partial charge in [-0.3, -0.25) is 9.69 Å². The minimum atomic E-state index is -1.15. The van der Waals surface area contributed by atoms with Crippen molar-refractivity contribution in [2.75, 3.05) is 13.1 Å². The van der Waals surface area contributed by atoms with Crippen LogP contribution in [0.5, 0.6) is 0 Å². The van der Waals surface area contributed by atoms with E-state index in [1.807, 2.05) is 12.2 Å². The van der Waals surface area contributed by atoms with Gasteiger partial charge in [-0.05, 0) is 42.7 Å². The smallest absolute Gasteiger partial charge is 0.185 e. The average Bonchev–Trinajstić information content (AvgIpc) is 2.91. The second-order valence-corrected chi connectivity index (χ2v) is 7.51. The minimum absolute atomic E-state index is 0.106. The number of carbonyl (C=O) groups is 1. The van der Waals surface area contributed by atoms with Crippen LogP contribution in [0.25, 0.3) is 0 Å². The monoisotopic (exact) mass is 327 g/mol. The lowest BCUT2D eigenvalue weighted by Gasteiger charge is -2.61. The SMILES string of the molecule is C=CCN1CC[C@]23C4=C5C=CC(O)C4O[C@H]2C(=O)C=C[C@@]3(O)[C@H]1C5. The molecule has 5 nitrogen and oxygen atoms in total. The molecule has 2 unspecified atom stereocenters. The number of aliphatic hydroxyl groups is 2. The number of hydrogen-bond donors (Lipinski definition) is 2. The summed E-state index contributed by atoms with van der Waals surface area (Å²) in [6.07, 6.45) is 8.06. The Morgan fingerprint density at radius 1 is 1.46 bits per heavy atom. The summed E-state index contributed by atoms with van der Waals surface area (Å²) in [5.74, 6) is -0.106. The van der Waals surface area contributed by atoms with Crippen LogP contribution in [0, 0.1) is 5.41 Å². The van der Waals surface area contributed by atoms with Crippen molar-refractivity contribution < 1.29 is 19.7 Å². The summed E-state index contributed by atoms with van der Waals surface area (Å²) in [7, 11) is 0. The summed E-state index contributed by atoms with van der Waals surface area (Å²) >= 11 is 0. The van der Waals surface area contributed by atoms with E-state index in [-0.39, 0.29) is 11.8 Å². The number of aliphatic hydroxyl groups excluding tert-OH is 1. The quantitative estimate of drug-likeness (QED) is 0.723. The predicted molar refractivity (Wildman–Crippen MR) is 87.2 cm³/mol. The highest BCUT2D eigenvalue weighted by atomic mass is 16.5. The van der Waals surface area contributed by atoms with Gasteiger partial charge in [0.2, 0.25) is 0 Å². The first kappa shape index (κ1) is 14.8. The first-order valence-corrected chi connectivity index (χ1v) is 8.58. The van der Waals surface area contributed by atoms with Gasteiger partial charge in [0, 0.05) is 12.6 Å². The largest absolute Gasteiger partial charge is 0.386 e. The van der Waals surface area contributed by atoms with Gasteiger partial charge in [0.25, 0.3) is 0 Å². The molecule has 0 saturated carbocycles. The summed E-state index contributed by atoms with van der Waals surface area (Å²) in [5.41, 5.74) is 0.174. The van der Waals surface area contributed by atoms with Crippen LogP contribution in [0.15, 0.2) is 48.1 Å². The van der Waals surface area contributed by atoms with Gasteiger partial charge in [-0.1, -0.05) is 18.2 Å². The van der Waals surface area contributed by atoms with Crippen LogP contribution >= 0.6 is 0 Å². The van der Waals surface area contributed by atoms with E-state index in [0.29, 0.717) is 19.4 Å². The van der Waals surface area contributed by atoms with E-state index >= 15 is 0 Å². The van der Waals surface area contributed by atoms with Crippen LogP contribution in [0.2, 0.25) is 0 Å². The van der Waals surface area contributed by atoms with Crippen molar-refractivity contribution in [1.82, 2.24) is 4.90 Å². The molecule has 2 N–H and O–H groups in total. The van der Waals surface area contributed by atoms with Crippen LogP contribution in [0.4, 0.5) is 0 Å². The first-order chi connectivity index (χ1) is 11.5. The summed E-state index contributed by atoms with van der Waals surface area (Å²) in [6, 6.07) is -0.114. The number of rotatable bonds is 2. The fourth-order valence-corrected chi connectivity index (χ4v) is 5.72. The number of ether oxygens (including phenoxy) is 1. The van der Waals surface area contributed by atoms with E-state index in [4.69, 9.17) is 4.74 Å². The van der Waals surface area contributed by atoms with E-state index in [9.17, 15) is 15.0 Å². The van der Waals surface area contributed by atoms with Gasteiger partial charge < -0.3 is 14.9 Å². The minimum Gasteiger partial charge on any atom is -0.386 e. The fourth-order valence-electron chi connectivity index (χ4n) is 5.72. The molecule has 0 aromatic rings. The highest BCUT2D eigenvalue weighted by Gasteiger charge is 2.73. The van der Waals surface area contributed by atoms with E-state index in [0.717, 1.165) is 17.7 Å². The second-order valence-electron chi connectivity index (χ2n) is 7.51. The van der Waals surface area contributed by atoms with E-state index in [2.05, 4.69) is 11.5 Å². The summed E-state index contributed by atoms with van der Waals surface area (Å²) in [4.78, 5) is 14.8. The zero-order chi connectivity index (χ0) is 16.7. The molecule has 6 atom stereocenters. The Kier molecular flexibility index (Phi) is 2.80. The predicted octanol–water partition coefficient (Wildman–Crippen LogP) is 0.501. The molecule has 2 fully saturated rings. The Balaban J connectivity index is 1.77. The summed E-state index contributed by atoms with van der Waals surface area (Å²) in [6.45, 7) is 5.32. The highest BCUT2D eigenvalue weighted by molar-refractivity contribution is 5.97. The zero-order valence-electron chi connectivity index (χ0n) is 13.4. The third-order valence-corrected chi connectivity index (χ3v) is 6.64. The number of piperidine rings is 1. The lowest BCUT2D eigenvalue weighted by atomic mass is 9.49. The average molecular weight is 327 g/mol. The molecule has 1 spiro atoms. The molecule has 5 rings (SSSR count). The molecule has 2 saturated heterocycles. The van der Waals surface area contributed by atoms with Crippen molar-refractivity contribution in [3.8, 4) is 0 Å². The fraction of sp³-hybridized carbons (Fsp3) is 0.526. The maximum Gasteiger partial charge on any atom is 0.185 e. The van der Waals surface area contributed by atoms with Gasteiger partial charge in [0.1, 0.15) is 23.9 Å². The Bertz CT molecular complexity index is 738. The van der Waals surface area contributed by atoms with E-state index in [1.165, 1.54) is 6.08 Å². The molecule has 0 aromatic heterocycles. The van der Waals surface area contributed by atoms with Gasteiger partial charge in [0.15, 0.2) is 5.78 Å². The Labute approximate surface area is 140 Å². The number of carbonyl (C=O) groups excluding carboxylic acids is 1. The van der Waals surface area contributed by atoms with Gasteiger partial charge in [-0.25, -0.2) is 0 Å².